The standard InChI is InChI=1S/C16H20F3N7/c1-9-13-12(8-21-26(13)6-5-25(9)2)23-15-20-7-11(16(17,18)19)14(24-15)22-10-3-4-10/h7-10H,3-6H2,1-2H3,(H2,20,22,23,24)/t9-/m0/s1. The van der Waals surface area contributed by atoms with E-state index >= 15 is 0 Å². The van der Waals surface area contributed by atoms with Crippen molar-refractivity contribution in [1.29, 1.82) is 0 Å². The van der Waals surface area contributed by atoms with Gasteiger partial charge in [-0.15, -0.1) is 0 Å². The molecule has 0 unspecified atom stereocenters. The van der Waals surface area contributed by atoms with E-state index in [1.807, 2.05) is 11.7 Å². The zero-order chi connectivity index (χ0) is 18.5. The van der Waals surface area contributed by atoms with Gasteiger partial charge in [-0.05, 0) is 26.8 Å². The molecule has 2 aromatic heterocycles. The van der Waals surface area contributed by atoms with E-state index in [1.165, 1.54) is 0 Å². The van der Waals surface area contributed by atoms with Crippen molar-refractivity contribution in [2.45, 2.75) is 44.6 Å². The van der Waals surface area contributed by atoms with Gasteiger partial charge in [-0.25, -0.2) is 4.98 Å². The van der Waals surface area contributed by atoms with Crippen LogP contribution in [-0.2, 0) is 12.7 Å². The van der Waals surface area contributed by atoms with Gasteiger partial charge in [-0.3, -0.25) is 9.58 Å². The minimum atomic E-state index is -4.50. The molecule has 2 aromatic rings. The van der Waals surface area contributed by atoms with Gasteiger partial charge in [0.25, 0.3) is 0 Å². The van der Waals surface area contributed by atoms with Gasteiger partial charge in [0.15, 0.2) is 0 Å². The molecule has 0 bridgehead atoms. The lowest BCUT2D eigenvalue weighted by molar-refractivity contribution is -0.137. The van der Waals surface area contributed by atoms with Crippen LogP contribution in [0.15, 0.2) is 12.4 Å². The third-order valence-corrected chi connectivity index (χ3v) is 4.86. The molecule has 0 saturated heterocycles. The molecule has 7 nitrogen and oxygen atoms in total. The summed E-state index contributed by atoms with van der Waals surface area (Å²) in [6.45, 7) is 3.72. The Morgan fingerprint density at radius 2 is 1.96 bits per heavy atom. The second-order valence-electron chi connectivity index (χ2n) is 6.82. The summed E-state index contributed by atoms with van der Waals surface area (Å²) in [5.74, 6) is -0.0546. The Labute approximate surface area is 148 Å². The fraction of sp³-hybridized carbons (Fsp3) is 0.562. The number of rotatable bonds is 4. The van der Waals surface area contributed by atoms with Gasteiger partial charge < -0.3 is 10.6 Å². The molecule has 4 rings (SSSR count). The molecule has 2 aliphatic rings. The molecule has 3 heterocycles. The molecular formula is C16H20F3N7. The van der Waals surface area contributed by atoms with Crippen LogP contribution < -0.4 is 10.6 Å². The van der Waals surface area contributed by atoms with Gasteiger partial charge >= 0.3 is 6.18 Å². The summed E-state index contributed by atoms with van der Waals surface area (Å²) in [5, 5.41) is 10.2. The van der Waals surface area contributed by atoms with Crippen LogP contribution in [0, 0.1) is 0 Å². The van der Waals surface area contributed by atoms with Gasteiger partial charge in [-0.2, -0.15) is 23.3 Å². The first-order valence-corrected chi connectivity index (χ1v) is 8.56. The number of hydrogen-bond acceptors (Lipinski definition) is 6. The zero-order valence-electron chi connectivity index (χ0n) is 14.5. The predicted molar refractivity (Wildman–Crippen MR) is 90.2 cm³/mol. The third kappa shape index (κ3) is 3.20. The maximum Gasteiger partial charge on any atom is 0.421 e. The van der Waals surface area contributed by atoms with Crippen LogP contribution in [0.2, 0.25) is 0 Å². The molecule has 10 heteroatoms. The van der Waals surface area contributed by atoms with Crippen molar-refractivity contribution in [3.05, 3.63) is 23.7 Å². The maximum absolute atomic E-state index is 13.2. The summed E-state index contributed by atoms with van der Waals surface area (Å²) < 4.78 is 41.5. The first-order chi connectivity index (χ1) is 12.3. The largest absolute Gasteiger partial charge is 0.421 e. The second kappa shape index (κ2) is 6.11. The van der Waals surface area contributed by atoms with Gasteiger partial charge in [0.2, 0.25) is 5.95 Å². The van der Waals surface area contributed by atoms with Crippen molar-refractivity contribution in [1.82, 2.24) is 24.6 Å². The number of halogens is 3. The first-order valence-electron chi connectivity index (χ1n) is 8.56. The van der Waals surface area contributed by atoms with Gasteiger partial charge in [0.05, 0.1) is 30.2 Å². The van der Waals surface area contributed by atoms with Gasteiger partial charge in [0.1, 0.15) is 11.4 Å². The molecule has 1 fully saturated rings. The molecule has 1 atom stereocenters. The normalized spacial score (nSPS) is 20.7. The molecule has 1 aliphatic heterocycles. The smallest absolute Gasteiger partial charge is 0.367 e. The monoisotopic (exact) mass is 367 g/mol. The lowest BCUT2D eigenvalue weighted by atomic mass is 10.1. The molecule has 140 valence electrons. The van der Waals surface area contributed by atoms with Crippen molar-refractivity contribution >= 4 is 17.5 Å². The topological polar surface area (TPSA) is 70.9 Å². The van der Waals surface area contributed by atoms with E-state index in [2.05, 4.69) is 37.5 Å². The SMILES string of the molecule is C[C@H]1c2c(Nc3ncc(C(F)(F)F)c(NC4CC4)n3)cnn2CCN1C. The summed E-state index contributed by atoms with van der Waals surface area (Å²) in [5.41, 5.74) is 0.834. The lowest BCUT2D eigenvalue weighted by Crippen LogP contribution is -2.34. The van der Waals surface area contributed by atoms with E-state index < -0.39 is 11.7 Å². The van der Waals surface area contributed by atoms with Crippen molar-refractivity contribution in [3.8, 4) is 0 Å². The average molecular weight is 367 g/mol. The van der Waals surface area contributed by atoms with Crippen molar-refractivity contribution in [2.75, 3.05) is 24.2 Å². The highest BCUT2D eigenvalue weighted by Crippen LogP contribution is 2.37. The van der Waals surface area contributed by atoms with Gasteiger partial charge in [0, 0.05) is 18.8 Å². The van der Waals surface area contributed by atoms with Crippen molar-refractivity contribution in [3.63, 3.8) is 0 Å². The van der Waals surface area contributed by atoms with Crippen LogP contribution in [0.25, 0.3) is 0 Å². The number of nitrogens with zero attached hydrogens (tertiary/aromatic N) is 5. The number of nitrogens with one attached hydrogen (secondary N) is 2. The summed E-state index contributed by atoms with van der Waals surface area (Å²) >= 11 is 0. The fourth-order valence-corrected chi connectivity index (χ4v) is 3.07. The van der Waals surface area contributed by atoms with Crippen LogP contribution in [0.3, 0.4) is 0 Å². The van der Waals surface area contributed by atoms with Crippen molar-refractivity contribution < 1.29 is 13.2 Å². The van der Waals surface area contributed by atoms with Gasteiger partial charge in [-0.1, -0.05) is 0 Å². The number of likely N-dealkylation sites (N-methyl/N-ethyl adjacent to an activating group) is 1. The minimum Gasteiger partial charge on any atom is -0.367 e. The Morgan fingerprint density at radius 3 is 2.65 bits per heavy atom. The minimum absolute atomic E-state index is 0.0522. The quantitative estimate of drug-likeness (QED) is 0.866. The Kier molecular flexibility index (Phi) is 4.02. The molecule has 0 radical (unpaired) electrons. The Balaban J connectivity index is 1.64. The zero-order valence-corrected chi connectivity index (χ0v) is 14.5. The number of anilines is 3. The number of alkyl halides is 3. The third-order valence-electron chi connectivity index (χ3n) is 4.86. The Bertz CT molecular complexity index is 813. The van der Waals surface area contributed by atoms with E-state index in [0.717, 1.165) is 37.8 Å². The molecule has 0 aromatic carbocycles. The van der Waals surface area contributed by atoms with Crippen molar-refractivity contribution in [2.24, 2.45) is 0 Å². The summed E-state index contributed by atoms with van der Waals surface area (Å²) in [7, 11) is 2.03. The number of aromatic nitrogens is 4. The van der Waals surface area contributed by atoms with Crippen LogP contribution >= 0.6 is 0 Å². The summed E-state index contributed by atoms with van der Waals surface area (Å²) in [4.78, 5) is 10.1. The average Bonchev–Trinajstić information content (AvgIpc) is 3.29. The highest BCUT2D eigenvalue weighted by Gasteiger charge is 2.37. The van der Waals surface area contributed by atoms with E-state index in [9.17, 15) is 13.2 Å². The summed E-state index contributed by atoms with van der Waals surface area (Å²) in [6, 6.07) is 0.184. The van der Waals surface area contributed by atoms with Crippen LogP contribution in [0.5, 0.6) is 0 Å². The molecule has 1 saturated carbocycles. The molecule has 2 N–H and O–H groups in total. The van der Waals surface area contributed by atoms with Crippen LogP contribution in [0.1, 0.15) is 37.1 Å². The predicted octanol–water partition coefficient (Wildman–Crippen LogP) is 3.02. The number of fused-ring (bicyclic) bond motifs is 1. The first kappa shape index (κ1) is 17.1. The molecule has 0 amide bonds. The molecule has 0 spiro atoms. The highest BCUT2D eigenvalue weighted by molar-refractivity contribution is 5.59. The Morgan fingerprint density at radius 1 is 1.19 bits per heavy atom. The van der Waals surface area contributed by atoms with Crippen LogP contribution in [0.4, 0.5) is 30.6 Å². The maximum atomic E-state index is 13.2. The molecule has 26 heavy (non-hydrogen) atoms. The highest BCUT2D eigenvalue weighted by atomic mass is 19.4. The Hall–Kier alpha value is -2.36. The number of hydrogen-bond donors (Lipinski definition) is 2. The van der Waals surface area contributed by atoms with Crippen LogP contribution in [-0.4, -0.2) is 44.3 Å². The summed E-state index contributed by atoms with van der Waals surface area (Å²) in [6.07, 6.45) is -0.301. The second-order valence-corrected chi connectivity index (χ2v) is 6.82. The van der Waals surface area contributed by atoms with E-state index in [1.54, 1.807) is 6.20 Å². The molecular weight excluding hydrogens is 347 g/mol. The lowest BCUT2D eigenvalue weighted by Gasteiger charge is -2.31. The van der Waals surface area contributed by atoms with E-state index in [0.29, 0.717) is 5.69 Å². The molecule has 1 aliphatic carbocycles. The van der Waals surface area contributed by atoms with E-state index in [4.69, 9.17) is 0 Å². The fourth-order valence-electron chi connectivity index (χ4n) is 3.07. The van der Waals surface area contributed by atoms with E-state index in [-0.39, 0.29) is 23.8 Å².